The van der Waals surface area contributed by atoms with E-state index in [4.69, 9.17) is 4.42 Å². The van der Waals surface area contributed by atoms with Crippen molar-refractivity contribution in [2.45, 2.75) is 11.8 Å². The summed E-state index contributed by atoms with van der Waals surface area (Å²) in [5, 5.41) is 0. The fourth-order valence-corrected chi connectivity index (χ4v) is 2.33. The molecule has 0 unspecified atom stereocenters. The average Bonchev–Trinajstić information content (AvgIpc) is 2.76. The molecule has 0 saturated carbocycles. The molecule has 0 atom stereocenters. The zero-order chi connectivity index (χ0) is 13.3. The molecule has 0 amide bonds. The van der Waals surface area contributed by atoms with E-state index in [0.29, 0.717) is 23.2 Å². The summed E-state index contributed by atoms with van der Waals surface area (Å²) in [6.45, 7) is 1.54. The van der Waals surface area contributed by atoms with Gasteiger partial charge in [-0.05, 0) is 30.7 Å². The van der Waals surface area contributed by atoms with E-state index < -0.39 is 10.1 Å². The Morgan fingerprint density at radius 1 is 1.21 bits per heavy atom. The van der Waals surface area contributed by atoms with E-state index in [1.165, 1.54) is 31.2 Å². The number of hydrogen-bond acceptors (Lipinski definition) is 5. The predicted molar refractivity (Wildman–Crippen MR) is 62.2 cm³/mol. The van der Waals surface area contributed by atoms with Crippen molar-refractivity contribution >= 4 is 16.4 Å². The van der Waals surface area contributed by atoms with Gasteiger partial charge >= 0.3 is 29.6 Å². The summed E-state index contributed by atoms with van der Waals surface area (Å²) < 4.78 is 38.3. The van der Waals surface area contributed by atoms with Gasteiger partial charge in [-0.15, -0.1) is 0 Å². The van der Waals surface area contributed by atoms with Crippen LogP contribution in [0, 0.1) is 6.92 Å². The topological polar surface area (TPSA) is 87.4 Å². The fraction of sp³-hybridized carbons (Fsp3) is 0.0833. The van der Waals surface area contributed by atoms with Gasteiger partial charge in [0.1, 0.15) is 15.9 Å². The summed E-state index contributed by atoms with van der Waals surface area (Å²) in [6, 6.07) is 7.38. The van der Waals surface area contributed by atoms with Crippen molar-refractivity contribution in [3.8, 4) is 11.3 Å². The maximum Gasteiger partial charge on any atom is 1.00 e. The quantitative estimate of drug-likeness (QED) is 0.410. The molecule has 1 aromatic heterocycles. The summed E-state index contributed by atoms with van der Waals surface area (Å²) in [7, 11) is -4.52. The van der Waals surface area contributed by atoms with Crippen LogP contribution in [0.2, 0.25) is 0 Å². The number of rotatable bonds is 3. The Hall–Kier alpha value is -0.920. The smallest absolute Gasteiger partial charge is 0.744 e. The van der Waals surface area contributed by atoms with Gasteiger partial charge in [-0.1, -0.05) is 12.1 Å². The molecule has 0 aliphatic heterocycles. The van der Waals surface area contributed by atoms with Crippen LogP contribution in [0.4, 0.5) is 0 Å². The van der Waals surface area contributed by atoms with Crippen LogP contribution in [0.1, 0.15) is 16.1 Å². The van der Waals surface area contributed by atoms with Crippen molar-refractivity contribution in [2.24, 2.45) is 0 Å². The molecule has 7 heteroatoms. The maximum atomic E-state index is 11.1. The number of aryl methyl sites for hydroxylation is 1. The van der Waals surface area contributed by atoms with Crippen molar-refractivity contribution in [2.75, 3.05) is 0 Å². The number of carbonyl (C=O) groups is 1. The third-order valence-corrected chi connectivity index (χ3v) is 3.46. The van der Waals surface area contributed by atoms with E-state index in [2.05, 4.69) is 0 Å². The third-order valence-electron chi connectivity index (χ3n) is 2.48. The Morgan fingerprint density at radius 2 is 1.89 bits per heavy atom. The first-order valence-corrected chi connectivity index (χ1v) is 6.44. The normalized spacial score (nSPS) is 10.8. The molecule has 0 N–H and O–H groups in total. The number of benzene rings is 1. The zero-order valence-corrected chi connectivity index (χ0v) is 13.2. The Kier molecular flexibility index (Phi) is 5.11. The molecular formula is C12H9NaO5S. The fourth-order valence-electron chi connectivity index (χ4n) is 1.59. The zero-order valence-electron chi connectivity index (χ0n) is 10.4. The van der Waals surface area contributed by atoms with Crippen molar-refractivity contribution in [3.63, 3.8) is 0 Å². The Bertz CT molecular complexity index is 703. The van der Waals surface area contributed by atoms with Gasteiger partial charge < -0.3 is 8.97 Å². The van der Waals surface area contributed by atoms with E-state index >= 15 is 0 Å². The van der Waals surface area contributed by atoms with E-state index in [1.54, 1.807) is 6.07 Å². The molecule has 0 spiro atoms. The first kappa shape index (κ1) is 16.1. The average molecular weight is 288 g/mol. The largest absolute Gasteiger partial charge is 1.00 e. The second-order valence-electron chi connectivity index (χ2n) is 3.75. The van der Waals surface area contributed by atoms with Crippen LogP contribution in [0.15, 0.2) is 39.6 Å². The maximum absolute atomic E-state index is 11.1. The van der Waals surface area contributed by atoms with Gasteiger partial charge in [0.05, 0.1) is 4.90 Å². The summed E-state index contributed by atoms with van der Waals surface area (Å²) >= 11 is 0. The molecule has 94 valence electrons. The first-order chi connectivity index (χ1) is 8.41. The van der Waals surface area contributed by atoms with Crippen LogP contribution in [0.25, 0.3) is 11.3 Å². The Labute approximate surface area is 132 Å². The van der Waals surface area contributed by atoms with Crippen LogP contribution >= 0.6 is 0 Å². The molecule has 0 aliphatic carbocycles. The van der Waals surface area contributed by atoms with Gasteiger partial charge in [-0.3, -0.25) is 4.79 Å². The predicted octanol–water partition coefficient (Wildman–Crippen LogP) is -1.02. The Morgan fingerprint density at radius 3 is 2.42 bits per heavy atom. The molecule has 5 nitrogen and oxygen atoms in total. The molecule has 1 aromatic carbocycles. The first-order valence-electron chi connectivity index (χ1n) is 5.04. The van der Waals surface area contributed by atoms with E-state index in [1.807, 2.05) is 0 Å². The molecule has 2 aromatic rings. The van der Waals surface area contributed by atoms with Crippen LogP contribution < -0.4 is 29.6 Å². The molecule has 2 rings (SSSR count). The molecule has 1 heterocycles. The van der Waals surface area contributed by atoms with Gasteiger partial charge in [0, 0.05) is 5.56 Å². The minimum absolute atomic E-state index is 0. The van der Waals surface area contributed by atoms with Gasteiger partial charge in [-0.2, -0.15) is 0 Å². The molecule has 0 bridgehead atoms. The molecule has 0 saturated heterocycles. The van der Waals surface area contributed by atoms with Gasteiger partial charge in [0.15, 0.2) is 12.0 Å². The van der Waals surface area contributed by atoms with Crippen LogP contribution in [-0.4, -0.2) is 19.3 Å². The number of carbonyl (C=O) groups excluding carboxylic acids is 1. The molecular weight excluding hydrogens is 279 g/mol. The van der Waals surface area contributed by atoms with Crippen molar-refractivity contribution in [1.29, 1.82) is 0 Å². The van der Waals surface area contributed by atoms with Crippen LogP contribution in [0.5, 0.6) is 0 Å². The third kappa shape index (κ3) is 3.55. The second kappa shape index (κ2) is 6.02. The van der Waals surface area contributed by atoms with Crippen molar-refractivity contribution in [1.82, 2.24) is 0 Å². The minimum atomic E-state index is -4.52. The second-order valence-corrected chi connectivity index (χ2v) is 5.10. The molecule has 0 radical (unpaired) electrons. The van der Waals surface area contributed by atoms with Crippen LogP contribution in [-0.2, 0) is 10.1 Å². The van der Waals surface area contributed by atoms with Gasteiger partial charge in [0.2, 0.25) is 0 Å². The number of hydrogen-bond donors (Lipinski definition) is 0. The molecule has 19 heavy (non-hydrogen) atoms. The standard InChI is InChI=1S/C12H10O5S.Na/c1-8-2-3-9(6-12(8)18(14,15)16)11-5-4-10(7-13)17-11;/h2-7H,1H3,(H,14,15,16);/q;+1/p-1. The minimum Gasteiger partial charge on any atom is -0.744 e. The Balaban J connectivity index is 0.00000180. The summed E-state index contributed by atoms with van der Waals surface area (Å²) in [4.78, 5) is 10.2. The summed E-state index contributed by atoms with van der Waals surface area (Å²) in [5.74, 6) is 0.471. The van der Waals surface area contributed by atoms with Gasteiger partial charge in [-0.25, -0.2) is 8.42 Å². The molecule has 0 fully saturated rings. The number of aldehydes is 1. The van der Waals surface area contributed by atoms with Crippen LogP contribution in [0.3, 0.4) is 0 Å². The van der Waals surface area contributed by atoms with Crippen molar-refractivity contribution < 1.29 is 51.7 Å². The summed E-state index contributed by atoms with van der Waals surface area (Å²) in [6.07, 6.45) is 0.545. The molecule has 0 aliphatic rings. The summed E-state index contributed by atoms with van der Waals surface area (Å²) in [5.41, 5.74) is 0.805. The number of furan rings is 1. The van der Waals surface area contributed by atoms with E-state index in [-0.39, 0.29) is 40.2 Å². The van der Waals surface area contributed by atoms with Gasteiger partial charge in [0.25, 0.3) is 0 Å². The SMILES string of the molecule is Cc1ccc(-c2ccc(C=O)o2)cc1S(=O)(=O)[O-].[Na+]. The van der Waals surface area contributed by atoms with Crippen molar-refractivity contribution in [3.05, 3.63) is 41.7 Å². The van der Waals surface area contributed by atoms with E-state index in [9.17, 15) is 17.8 Å². The van der Waals surface area contributed by atoms with E-state index in [0.717, 1.165) is 0 Å². The monoisotopic (exact) mass is 288 g/mol.